The number of rotatable bonds is 9. The molecular formula is C11H24N2O4S. The number of carbonyl (C=O) groups is 1. The molecule has 2 atom stereocenters. The van der Waals surface area contributed by atoms with E-state index in [1.54, 1.807) is 0 Å². The van der Waals surface area contributed by atoms with Gasteiger partial charge in [-0.3, -0.25) is 4.79 Å². The highest BCUT2D eigenvalue weighted by Crippen LogP contribution is 2.10. The van der Waals surface area contributed by atoms with Gasteiger partial charge in [0.15, 0.2) is 0 Å². The predicted molar refractivity (Wildman–Crippen MR) is 70.5 cm³/mol. The second-order valence-electron chi connectivity index (χ2n) is 4.74. The predicted octanol–water partition coefficient (Wildman–Crippen LogP) is 1.05. The molecule has 2 unspecified atom stereocenters. The van der Waals surface area contributed by atoms with Crippen LogP contribution in [0.25, 0.3) is 0 Å². The second-order valence-corrected chi connectivity index (χ2v) is 6.55. The largest absolute Gasteiger partial charge is 0.481 e. The molecule has 0 radical (unpaired) electrons. The van der Waals surface area contributed by atoms with Crippen molar-refractivity contribution in [3.8, 4) is 0 Å². The average Bonchev–Trinajstić information content (AvgIpc) is 2.24. The molecule has 108 valence electrons. The second kappa shape index (κ2) is 7.70. The summed E-state index contributed by atoms with van der Waals surface area (Å²) in [4.78, 5) is 10.4. The van der Waals surface area contributed by atoms with E-state index in [4.69, 9.17) is 5.11 Å². The number of nitrogens with zero attached hydrogens (tertiary/aromatic N) is 1. The molecule has 0 aliphatic heterocycles. The molecule has 6 nitrogen and oxygen atoms in total. The van der Waals surface area contributed by atoms with E-state index in [2.05, 4.69) is 18.6 Å². The Morgan fingerprint density at radius 2 is 1.94 bits per heavy atom. The molecule has 7 heteroatoms. The molecule has 18 heavy (non-hydrogen) atoms. The van der Waals surface area contributed by atoms with Crippen LogP contribution in [0.1, 0.15) is 40.0 Å². The highest BCUT2D eigenvalue weighted by atomic mass is 32.2. The van der Waals surface area contributed by atoms with E-state index in [9.17, 15) is 13.2 Å². The SMILES string of the molecule is CCC(C)CC(C)NS(=O)(=O)N(C)CCC(=O)O. The fourth-order valence-electron chi connectivity index (χ4n) is 1.54. The standard InChI is InChI=1S/C11H24N2O4S/c1-5-9(2)8-10(3)12-18(16,17)13(4)7-6-11(14)15/h9-10,12H,5-8H2,1-4H3,(H,14,15). The van der Waals surface area contributed by atoms with E-state index >= 15 is 0 Å². The molecule has 2 N–H and O–H groups in total. The van der Waals surface area contributed by atoms with Crippen LogP contribution in [0.5, 0.6) is 0 Å². The van der Waals surface area contributed by atoms with Gasteiger partial charge in [-0.05, 0) is 19.3 Å². The Kier molecular flexibility index (Phi) is 7.42. The lowest BCUT2D eigenvalue weighted by Crippen LogP contribution is -2.43. The van der Waals surface area contributed by atoms with Crippen LogP contribution in [0.4, 0.5) is 0 Å². The Morgan fingerprint density at radius 3 is 2.39 bits per heavy atom. The number of aliphatic carboxylic acids is 1. The van der Waals surface area contributed by atoms with Crippen molar-refractivity contribution in [1.82, 2.24) is 9.03 Å². The minimum absolute atomic E-state index is 0.0271. The van der Waals surface area contributed by atoms with Crippen LogP contribution in [0.15, 0.2) is 0 Å². The first kappa shape index (κ1) is 17.3. The Balaban J connectivity index is 4.32. The highest BCUT2D eigenvalue weighted by Gasteiger charge is 2.21. The van der Waals surface area contributed by atoms with Crippen LogP contribution in [-0.4, -0.2) is 43.4 Å². The van der Waals surface area contributed by atoms with Crippen molar-refractivity contribution in [3.63, 3.8) is 0 Å². The van der Waals surface area contributed by atoms with Gasteiger partial charge in [-0.15, -0.1) is 0 Å². The fraction of sp³-hybridized carbons (Fsp3) is 0.909. The molecule has 0 rings (SSSR count). The van der Waals surface area contributed by atoms with Crippen LogP contribution in [0.3, 0.4) is 0 Å². The van der Waals surface area contributed by atoms with Crippen molar-refractivity contribution in [2.75, 3.05) is 13.6 Å². The maximum absolute atomic E-state index is 11.8. The van der Waals surface area contributed by atoms with E-state index in [0.717, 1.165) is 17.1 Å². The van der Waals surface area contributed by atoms with Gasteiger partial charge in [0.1, 0.15) is 0 Å². The van der Waals surface area contributed by atoms with Crippen molar-refractivity contribution in [1.29, 1.82) is 0 Å². The summed E-state index contributed by atoms with van der Waals surface area (Å²) in [7, 11) is -2.21. The minimum atomic E-state index is -3.59. The van der Waals surface area contributed by atoms with Crippen molar-refractivity contribution in [2.24, 2.45) is 5.92 Å². The number of carboxylic acids is 1. The molecule has 0 spiro atoms. The van der Waals surface area contributed by atoms with Gasteiger partial charge in [-0.25, -0.2) is 0 Å². The van der Waals surface area contributed by atoms with Crippen LogP contribution in [0, 0.1) is 5.92 Å². The first-order valence-corrected chi connectivity index (χ1v) is 7.58. The Bertz CT molecular complexity index is 356. The number of hydrogen-bond acceptors (Lipinski definition) is 3. The Hall–Kier alpha value is -0.660. The van der Waals surface area contributed by atoms with Gasteiger partial charge in [-0.2, -0.15) is 17.4 Å². The molecule has 0 heterocycles. The highest BCUT2D eigenvalue weighted by molar-refractivity contribution is 7.87. The first-order valence-electron chi connectivity index (χ1n) is 6.14. The van der Waals surface area contributed by atoms with E-state index in [0.29, 0.717) is 5.92 Å². The van der Waals surface area contributed by atoms with Crippen LogP contribution >= 0.6 is 0 Å². The summed E-state index contributed by atoms with van der Waals surface area (Å²) in [6.07, 6.45) is 1.57. The Morgan fingerprint density at radius 1 is 1.39 bits per heavy atom. The molecule has 0 saturated heterocycles. The first-order chi connectivity index (χ1) is 8.19. The average molecular weight is 280 g/mol. The van der Waals surface area contributed by atoms with E-state index in [-0.39, 0.29) is 19.0 Å². The molecule has 0 bridgehead atoms. The molecule has 0 aromatic rings. The van der Waals surface area contributed by atoms with Crippen LogP contribution in [0.2, 0.25) is 0 Å². The zero-order valence-corrected chi connectivity index (χ0v) is 12.3. The van der Waals surface area contributed by atoms with Gasteiger partial charge in [0, 0.05) is 19.6 Å². The fourth-order valence-corrected chi connectivity index (χ4v) is 2.65. The summed E-state index contributed by atoms with van der Waals surface area (Å²) in [6.45, 7) is 5.92. The number of carboxylic acid groups (broad SMARTS) is 1. The van der Waals surface area contributed by atoms with Crippen molar-refractivity contribution in [2.45, 2.75) is 46.1 Å². The lowest BCUT2D eigenvalue weighted by molar-refractivity contribution is -0.137. The molecule has 0 saturated carbocycles. The molecule has 0 aliphatic carbocycles. The molecule has 0 aromatic carbocycles. The third kappa shape index (κ3) is 6.93. The van der Waals surface area contributed by atoms with Gasteiger partial charge in [0.05, 0.1) is 6.42 Å². The quantitative estimate of drug-likeness (QED) is 0.661. The molecule has 0 amide bonds. The summed E-state index contributed by atoms with van der Waals surface area (Å²) in [6, 6.07) is -0.155. The summed E-state index contributed by atoms with van der Waals surface area (Å²) < 4.78 is 27.3. The summed E-state index contributed by atoms with van der Waals surface area (Å²) in [5.74, 6) is -0.559. The van der Waals surface area contributed by atoms with Gasteiger partial charge < -0.3 is 5.11 Å². The van der Waals surface area contributed by atoms with E-state index in [1.165, 1.54) is 7.05 Å². The van der Waals surface area contributed by atoms with E-state index in [1.807, 2.05) is 6.92 Å². The Labute approximate surface area is 110 Å². The number of nitrogens with one attached hydrogen (secondary N) is 1. The number of hydrogen-bond donors (Lipinski definition) is 2. The molecular weight excluding hydrogens is 256 g/mol. The van der Waals surface area contributed by atoms with Crippen molar-refractivity contribution >= 4 is 16.2 Å². The third-order valence-electron chi connectivity index (χ3n) is 2.85. The monoisotopic (exact) mass is 280 g/mol. The maximum Gasteiger partial charge on any atom is 0.304 e. The smallest absolute Gasteiger partial charge is 0.304 e. The van der Waals surface area contributed by atoms with Gasteiger partial charge in [0.25, 0.3) is 10.2 Å². The molecule has 0 aromatic heterocycles. The summed E-state index contributed by atoms with van der Waals surface area (Å²) in [5.41, 5.74) is 0. The van der Waals surface area contributed by atoms with Crippen LogP contribution in [-0.2, 0) is 15.0 Å². The van der Waals surface area contributed by atoms with E-state index < -0.39 is 16.2 Å². The third-order valence-corrected chi connectivity index (χ3v) is 4.56. The zero-order chi connectivity index (χ0) is 14.3. The molecule has 0 fully saturated rings. The van der Waals surface area contributed by atoms with Crippen molar-refractivity contribution in [3.05, 3.63) is 0 Å². The van der Waals surface area contributed by atoms with Gasteiger partial charge in [-0.1, -0.05) is 20.3 Å². The normalized spacial score (nSPS) is 15.6. The molecule has 0 aliphatic rings. The minimum Gasteiger partial charge on any atom is -0.481 e. The van der Waals surface area contributed by atoms with Crippen LogP contribution < -0.4 is 4.72 Å². The maximum atomic E-state index is 11.8. The zero-order valence-electron chi connectivity index (χ0n) is 11.5. The van der Waals surface area contributed by atoms with Gasteiger partial charge >= 0.3 is 5.97 Å². The van der Waals surface area contributed by atoms with Crippen molar-refractivity contribution < 1.29 is 18.3 Å². The summed E-state index contributed by atoms with van der Waals surface area (Å²) in [5, 5.41) is 8.52. The lowest BCUT2D eigenvalue weighted by Gasteiger charge is -2.22. The topological polar surface area (TPSA) is 86.7 Å². The lowest BCUT2D eigenvalue weighted by atomic mass is 10.0. The van der Waals surface area contributed by atoms with Gasteiger partial charge in [0.2, 0.25) is 0 Å². The summed E-state index contributed by atoms with van der Waals surface area (Å²) >= 11 is 0.